The molecule has 1 heterocycles. The Morgan fingerprint density at radius 1 is 1.32 bits per heavy atom. The van der Waals surface area contributed by atoms with Crippen molar-refractivity contribution in [3.8, 4) is 0 Å². The maximum atomic E-state index is 13.2. The number of Topliss-reactive ketones (excluding diaryl/α,β-unsaturated/α-hetero) is 1. The second-order valence-corrected chi connectivity index (χ2v) is 5.19. The summed E-state index contributed by atoms with van der Waals surface area (Å²) < 4.78 is 13.8. The van der Waals surface area contributed by atoms with E-state index >= 15 is 0 Å². The Hall–Kier alpha value is -1.55. The Morgan fingerprint density at radius 2 is 2.11 bits per heavy atom. The minimum Gasteiger partial charge on any atom is -0.294 e. The SMILES string of the molecule is CCc1ccc(CC(=O)c2cc(F)cc(Br)c2)nc1. The van der Waals surface area contributed by atoms with Crippen LogP contribution in [-0.2, 0) is 12.8 Å². The van der Waals surface area contributed by atoms with Gasteiger partial charge in [-0.3, -0.25) is 9.78 Å². The first-order valence-electron chi connectivity index (χ1n) is 6.01. The molecule has 2 nitrogen and oxygen atoms in total. The van der Waals surface area contributed by atoms with Crippen molar-refractivity contribution in [2.45, 2.75) is 19.8 Å². The fraction of sp³-hybridized carbons (Fsp3) is 0.200. The molecule has 0 fully saturated rings. The van der Waals surface area contributed by atoms with Gasteiger partial charge in [0, 0.05) is 21.9 Å². The Kier molecular flexibility index (Phi) is 4.43. The zero-order valence-electron chi connectivity index (χ0n) is 10.5. The topological polar surface area (TPSA) is 30.0 Å². The number of rotatable bonds is 4. The van der Waals surface area contributed by atoms with Crippen molar-refractivity contribution in [1.29, 1.82) is 0 Å². The van der Waals surface area contributed by atoms with Gasteiger partial charge in [0.15, 0.2) is 5.78 Å². The Morgan fingerprint density at radius 3 is 2.68 bits per heavy atom. The van der Waals surface area contributed by atoms with Crippen molar-refractivity contribution < 1.29 is 9.18 Å². The lowest BCUT2D eigenvalue weighted by Crippen LogP contribution is -2.05. The van der Waals surface area contributed by atoms with Gasteiger partial charge in [-0.05, 0) is 36.2 Å². The van der Waals surface area contributed by atoms with E-state index in [0.29, 0.717) is 15.7 Å². The molecule has 0 saturated carbocycles. The van der Waals surface area contributed by atoms with Crippen LogP contribution in [0.5, 0.6) is 0 Å². The molecule has 0 aliphatic rings. The summed E-state index contributed by atoms with van der Waals surface area (Å²) in [4.78, 5) is 16.3. The van der Waals surface area contributed by atoms with Crippen LogP contribution < -0.4 is 0 Å². The van der Waals surface area contributed by atoms with E-state index in [0.717, 1.165) is 12.0 Å². The van der Waals surface area contributed by atoms with E-state index in [4.69, 9.17) is 0 Å². The molecule has 2 aromatic rings. The molecule has 0 bridgehead atoms. The van der Waals surface area contributed by atoms with Gasteiger partial charge in [0.25, 0.3) is 0 Å². The van der Waals surface area contributed by atoms with Crippen molar-refractivity contribution in [3.63, 3.8) is 0 Å². The highest BCUT2D eigenvalue weighted by atomic mass is 79.9. The van der Waals surface area contributed by atoms with Crippen molar-refractivity contribution in [2.24, 2.45) is 0 Å². The maximum Gasteiger partial charge on any atom is 0.168 e. The fourth-order valence-electron chi connectivity index (χ4n) is 1.75. The van der Waals surface area contributed by atoms with Crippen LogP contribution in [0.2, 0.25) is 0 Å². The average Bonchev–Trinajstić information content (AvgIpc) is 2.38. The van der Waals surface area contributed by atoms with E-state index in [9.17, 15) is 9.18 Å². The third-order valence-electron chi connectivity index (χ3n) is 2.82. The number of benzene rings is 1. The van der Waals surface area contributed by atoms with E-state index in [1.165, 1.54) is 12.1 Å². The maximum absolute atomic E-state index is 13.2. The molecule has 98 valence electrons. The average molecular weight is 322 g/mol. The summed E-state index contributed by atoms with van der Waals surface area (Å²) in [5.41, 5.74) is 2.18. The second kappa shape index (κ2) is 6.06. The van der Waals surface area contributed by atoms with Crippen LogP contribution in [0.25, 0.3) is 0 Å². The quantitative estimate of drug-likeness (QED) is 0.797. The second-order valence-electron chi connectivity index (χ2n) is 4.27. The van der Waals surface area contributed by atoms with Crippen molar-refractivity contribution in [3.05, 3.63) is 63.6 Å². The largest absolute Gasteiger partial charge is 0.294 e. The standard InChI is InChI=1S/C15H13BrFNO/c1-2-10-3-4-14(18-9-10)8-15(19)11-5-12(16)7-13(17)6-11/h3-7,9H,2,8H2,1H3. The highest BCUT2D eigenvalue weighted by Gasteiger charge is 2.10. The number of nitrogens with zero attached hydrogens (tertiary/aromatic N) is 1. The van der Waals surface area contributed by atoms with Crippen molar-refractivity contribution in [1.82, 2.24) is 4.98 Å². The lowest BCUT2D eigenvalue weighted by Gasteiger charge is -2.03. The monoisotopic (exact) mass is 321 g/mol. The molecule has 1 aromatic heterocycles. The van der Waals surface area contributed by atoms with E-state index < -0.39 is 5.82 Å². The smallest absolute Gasteiger partial charge is 0.168 e. The summed E-state index contributed by atoms with van der Waals surface area (Å²) in [5, 5.41) is 0. The van der Waals surface area contributed by atoms with Crippen LogP contribution in [-0.4, -0.2) is 10.8 Å². The number of aryl methyl sites for hydroxylation is 1. The van der Waals surface area contributed by atoms with Crippen LogP contribution in [0.1, 0.15) is 28.5 Å². The van der Waals surface area contributed by atoms with Gasteiger partial charge in [0.05, 0.1) is 6.42 Å². The number of aromatic nitrogens is 1. The van der Waals surface area contributed by atoms with Gasteiger partial charge in [-0.25, -0.2) is 4.39 Å². The van der Waals surface area contributed by atoms with E-state index in [2.05, 4.69) is 20.9 Å². The lowest BCUT2D eigenvalue weighted by atomic mass is 10.1. The van der Waals surface area contributed by atoms with Crippen LogP contribution in [0.4, 0.5) is 4.39 Å². The lowest BCUT2D eigenvalue weighted by molar-refractivity contribution is 0.0991. The third kappa shape index (κ3) is 3.70. The zero-order valence-corrected chi connectivity index (χ0v) is 12.1. The summed E-state index contributed by atoms with van der Waals surface area (Å²) in [5.74, 6) is -0.566. The number of ketones is 1. The van der Waals surface area contributed by atoms with Gasteiger partial charge in [-0.1, -0.05) is 28.9 Å². The number of carbonyl (C=O) groups is 1. The Labute approximate surface area is 119 Å². The zero-order chi connectivity index (χ0) is 13.8. The number of pyridine rings is 1. The normalized spacial score (nSPS) is 10.5. The molecule has 0 spiro atoms. The van der Waals surface area contributed by atoms with Gasteiger partial charge in [0.1, 0.15) is 5.82 Å². The van der Waals surface area contributed by atoms with Gasteiger partial charge in [-0.2, -0.15) is 0 Å². The molecular weight excluding hydrogens is 309 g/mol. The summed E-state index contributed by atoms with van der Waals surface area (Å²) in [6, 6.07) is 7.98. The summed E-state index contributed by atoms with van der Waals surface area (Å²) in [7, 11) is 0. The molecule has 0 saturated heterocycles. The van der Waals surface area contributed by atoms with Crippen LogP contribution >= 0.6 is 15.9 Å². The van der Waals surface area contributed by atoms with E-state index in [1.54, 1.807) is 12.3 Å². The fourth-order valence-corrected chi connectivity index (χ4v) is 2.22. The molecule has 4 heteroatoms. The molecule has 0 aliphatic carbocycles. The van der Waals surface area contributed by atoms with Gasteiger partial charge >= 0.3 is 0 Å². The van der Waals surface area contributed by atoms with Crippen LogP contribution in [0.3, 0.4) is 0 Å². The Balaban J connectivity index is 2.15. The summed E-state index contributed by atoms with van der Waals surface area (Å²) in [6.07, 6.45) is 2.86. The molecule has 0 aliphatic heterocycles. The molecule has 0 atom stereocenters. The van der Waals surface area contributed by atoms with Crippen LogP contribution in [0, 0.1) is 5.82 Å². The molecule has 2 rings (SSSR count). The number of hydrogen-bond donors (Lipinski definition) is 0. The molecule has 0 amide bonds. The van der Waals surface area contributed by atoms with E-state index in [-0.39, 0.29) is 12.2 Å². The predicted octanol–water partition coefficient (Wildman–Crippen LogP) is 3.97. The first kappa shape index (κ1) is 13.9. The van der Waals surface area contributed by atoms with Gasteiger partial charge < -0.3 is 0 Å². The van der Waals surface area contributed by atoms with Crippen LogP contribution in [0.15, 0.2) is 41.0 Å². The number of hydrogen-bond acceptors (Lipinski definition) is 2. The molecule has 19 heavy (non-hydrogen) atoms. The van der Waals surface area contributed by atoms with Crippen molar-refractivity contribution in [2.75, 3.05) is 0 Å². The minimum absolute atomic E-state index is 0.142. The van der Waals surface area contributed by atoms with Crippen molar-refractivity contribution >= 4 is 21.7 Å². The predicted molar refractivity (Wildman–Crippen MR) is 75.7 cm³/mol. The third-order valence-corrected chi connectivity index (χ3v) is 3.28. The van der Waals surface area contributed by atoms with Gasteiger partial charge in [-0.15, -0.1) is 0 Å². The highest BCUT2D eigenvalue weighted by molar-refractivity contribution is 9.10. The van der Waals surface area contributed by atoms with E-state index in [1.807, 2.05) is 19.1 Å². The highest BCUT2D eigenvalue weighted by Crippen LogP contribution is 2.16. The molecule has 0 radical (unpaired) electrons. The first-order chi connectivity index (χ1) is 9.08. The minimum atomic E-state index is -0.424. The molecular formula is C15H13BrFNO. The number of carbonyl (C=O) groups excluding carboxylic acids is 1. The number of halogens is 2. The Bertz CT molecular complexity index is 575. The molecule has 0 N–H and O–H groups in total. The summed E-state index contributed by atoms with van der Waals surface area (Å²) in [6.45, 7) is 2.05. The van der Waals surface area contributed by atoms with Gasteiger partial charge in [0.2, 0.25) is 0 Å². The first-order valence-corrected chi connectivity index (χ1v) is 6.81. The molecule has 1 aromatic carbocycles. The molecule has 0 unspecified atom stereocenters. The summed E-state index contributed by atoms with van der Waals surface area (Å²) >= 11 is 3.18.